The summed E-state index contributed by atoms with van der Waals surface area (Å²) in [4.78, 5) is 29.9. The first kappa shape index (κ1) is 21.6. The number of aromatic nitrogens is 1. The minimum Gasteiger partial charge on any atom is -0.355 e. The third-order valence-corrected chi connectivity index (χ3v) is 5.83. The molecule has 0 bridgehead atoms. The lowest BCUT2D eigenvalue weighted by Crippen LogP contribution is -2.19. The first-order chi connectivity index (χ1) is 15.4. The molecule has 2 amide bonds. The van der Waals surface area contributed by atoms with Crippen molar-refractivity contribution in [1.82, 2.24) is 10.3 Å². The van der Waals surface area contributed by atoms with E-state index < -0.39 is 17.6 Å². The molecule has 0 aliphatic heterocycles. The zero-order valence-corrected chi connectivity index (χ0v) is 19.0. The van der Waals surface area contributed by atoms with Crippen molar-refractivity contribution in [3.8, 4) is 11.3 Å². The van der Waals surface area contributed by atoms with E-state index in [1.165, 1.54) is 19.2 Å². The van der Waals surface area contributed by atoms with Gasteiger partial charge in [-0.2, -0.15) is 0 Å². The molecule has 0 saturated heterocycles. The minimum absolute atomic E-state index is 0.0109. The number of amides is 2. The molecule has 3 aromatic carbocycles. The lowest BCUT2D eigenvalue weighted by molar-refractivity contribution is 0.0962. The van der Waals surface area contributed by atoms with Gasteiger partial charge in [0.25, 0.3) is 11.8 Å². The fourth-order valence-electron chi connectivity index (χ4n) is 3.60. The highest BCUT2D eigenvalue weighted by molar-refractivity contribution is 9.10. The summed E-state index contributed by atoms with van der Waals surface area (Å²) in [5, 5.41) is 5.75. The highest BCUT2D eigenvalue weighted by atomic mass is 79.9. The molecule has 0 atom stereocenters. The summed E-state index contributed by atoms with van der Waals surface area (Å²) >= 11 is 3.53. The van der Waals surface area contributed by atoms with E-state index in [0.29, 0.717) is 27.7 Å². The maximum atomic E-state index is 14.6. The standard InChI is InChI=1S/C25H19BrFN3O2/c1-14-21(25(32)29-20-12-11-16(13-19(20)27)24(31)28-2)17-9-6-10-18(26)23(17)30-22(14)15-7-4-3-5-8-15/h3-13H,1-2H3,(H,28,31)(H,29,32). The van der Waals surface area contributed by atoms with Gasteiger partial charge in [0, 0.05) is 28.0 Å². The Balaban J connectivity index is 1.83. The first-order valence-electron chi connectivity index (χ1n) is 9.88. The van der Waals surface area contributed by atoms with Gasteiger partial charge in [-0.1, -0.05) is 42.5 Å². The van der Waals surface area contributed by atoms with Crippen molar-refractivity contribution in [2.75, 3.05) is 12.4 Å². The van der Waals surface area contributed by atoms with Crippen molar-refractivity contribution in [3.05, 3.63) is 93.7 Å². The molecule has 0 aliphatic rings. The number of hydrogen-bond acceptors (Lipinski definition) is 3. The van der Waals surface area contributed by atoms with Crippen molar-refractivity contribution in [2.24, 2.45) is 0 Å². The second kappa shape index (κ2) is 8.88. The number of para-hydroxylation sites is 1. The fourth-order valence-corrected chi connectivity index (χ4v) is 4.06. The Morgan fingerprint density at radius 2 is 1.72 bits per heavy atom. The summed E-state index contributed by atoms with van der Waals surface area (Å²) in [6.45, 7) is 1.83. The highest BCUT2D eigenvalue weighted by Gasteiger charge is 2.21. The Morgan fingerprint density at radius 3 is 2.41 bits per heavy atom. The molecule has 7 heteroatoms. The summed E-state index contributed by atoms with van der Waals surface area (Å²) in [7, 11) is 1.47. The number of nitrogens with one attached hydrogen (secondary N) is 2. The molecule has 0 spiro atoms. The normalized spacial score (nSPS) is 10.8. The lowest BCUT2D eigenvalue weighted by atomic mass is 9.97. The zero-order chi connectivity index (χ0) is 22.8. The Labute approximate surface area is 192 Å². The van der Waals surface area contributed by atoms with Crippen LogP contribution in [0.3, 0.4) is 0 Å². The molecule has 4 aromatic rings. The lowest BCUT2D eigenvalue weighted by Gasteiger charge is -2.16. The van der Waals surface area contributed by atoms with E-state index in [9.17, 15) is 14.0 Å². The summed E-state index contributed by atoms with van der Waals surface area (Å²) in [6, 6.07) is 19.0. The molecule has 2 N–H and O–H groups in total. The number of benzene rings is 3. The van der Waals surface area contributed by atoms with Gasteiger partial charge in [0.1, 0.15) is 5.82 Å². The van der Waals surface area contributed by atoms with E-state index in [4.69, 9.17) is 4.98 Å². The van der Waals surface area contributed by atoms with Gasteiger partial charge >= 0.3 is 0 Å². The molecular formula is C25H19BrFN3O2. The highest BCUT2D eigenvalue weighted by Crippen LogP contribution is 2.33. The number of pyridine rings is 1. The second-order valence-electron chi connectivity index (χ2n) is 7.19. The molecular weight excluding hydrogens is 473 g/mol. The third-order valence-electron chi connectivity index (χ3n) is 5.19. The van der Waals surface area contributed by atoms with Crippen LogP contribution in [-0.2, 0) is 0 Å². The van der Waals surface area contributed by atoms with Crippen LogP contribution in [-0.4, -0.2) is 23.8 Å². The van der Waals surface area contributed by atoms with Crippen molar-refractivity contribution >= 4 is 44.3 Å². The van der Waals surface area contributed by atoms with Gasteiger partial charge in [-0.3, -0.25) is 9.59 Å². The van der Waals surface area contributed by atoms with Crippen LogP contribution in [0.5, 0.6) is 0 Å². The van der Waals surface area contributed by atoms with Crippen molar-refractivity contribution in [1.29, 1.82) is 0 Å². The van der Waals surface area contributed by atoms with Gasteiger partial charge < -0.3 is 10.6 Å². The van der Waals surface area contributed by atoms with Crippen LogP contribution in [0.1, 0.15) is 26.3 Å². The van der Waals surface area contributed by atoms with Gasteiger partial charge in [-0.05, 0) is 52.7 Å². The molecule has 0 aliphatic carbocycles. The second-order valence-corrected chi connectivity index (χ2v) is 8.04. The number of carbonyl (C=O) groups is 2. The van der Waals surface area contributed by atoms with Gasteiger partial charge in [0.05, 0.1) is 22.5 Å². The molecule has 0 saturated carbocycles. The Hall–Kier alpha value is -3.58. The quantitative estimate of drug-likeness (QED) is 0.383. The first-order valence-corrected chi connectivity index (χ1v) is 10.7. The molecule has 0 fully saturated rings. The average Bonchev–Trinajstić information content (AvgIpc) is 2.80. The maximum Gasteiger partial charge on any atom is 0.256 e. The largest absolute Gasteiger partial charge is 0.355 e. The van der Waals surface area contributed by atoms with E-state index in [0.717, 1.165) is 16.1 Å². The van der Waals surface area contributed by atoms with Crippen LogP contribution in [0.2, 0.25) is 0 Å². The van der Waals surface area contributed by atoms with Crippen LogP contribution in [0.4, 0.5) is 10.1 Å². The minimum atomic E-state index is -0.695. The Kier molecular flexibility index (Phi) is 6.01. The number of hydrogen-bond donors (Lipinski definition) is 2. The van der Waals surface area contributed by atoms with Gasteiger partial charge in [0.15, 0.2) is 0 Å². The van der Waals surface area contributed by atoms with Crippen LogP contribution >= 0.6 is 15.9 Å². The summed E-state index contributed by atoms with van der Waals surface area (Å²) in [6.07, 6.45) is 0. The molecule has 1 aromatic heterocycles. The van der Waals surface area contributed by atoms with Crippen LogP contribution in [0.25, 0.3) is 22.2 Å². The van der Waals surface area contributed by atoms with E-state index in [2.05, 4.69) is 26.6 Å². The molecule has 5 nitrogen and oxygen atoms in total. The molecule has 0 radical (unpaired) electrons. The third kappa shape index (κ3) is 3.99. The smallest absolute Gasteiger partial charge is 0.256 e. The van der Waals surface area contributed by atoms with Gasteiger partial charge in [-0.25, -0.2) is 9.37 Å². The fraction of sp³-hybridized carbons (Fsp3) is 0.0800. The summed E-state index contributed by atoms with van der Waals surface area (Å²) in [5.74, 6) is -1.56. The monoisotopic (exact) mass is 491 g/mol. The maximum absolute atomic E-state index is 14.6. The number of halogens is 2. The van der Waals surface area contributed by atoms with E-state index in [1.54, 1.807) is 0 Å². The van der Waals surface area contributed by atoms with Crippen LogP contribution in [0, 0.1) is 12.7 Å². The van der Waals surface area contributed by atoms with E-state index >= 15 is 0 Å². The summed E-state index contributed by atoms with van der Waals surface area (Å²) in [5.41, 5.74) is 3.43. The van der Waals surface area contributed by atoms with E-state index in [1.807, 2.05) is 55.5 Å². The van der Waals surface area contributed by atoms with Crippen LogP contribution < -0.4 is 10.6 Å². The van der Waals surface area contributed by atoms with Crippen LogP contribution in [0.15, 0.2) is 71.2 Å². The molecule has 32 heavy (non-hydrogen) atoms. The number of rotatable bonds is 4. The zero-order valence-electron chi connectivity index (χ0n) is 17.4. The Morgan fingerprint density at radius 1 is 0.969 bits per heavy atom. The molecule has 4 rings (SSSR count). The number of anilines is 1. The van der Waals surface area contributed by atoms with Gasteiger partial charge in [0.2, 0.25) is 0 Å². The predicted octanol–water partition coefficient (Wildman–Crippen LogP) is 5.72. The number of nitrogens with zero attached hydrogens (tertiary/aromatic N) is 1. The van der Waals surface area contributed by atoms with Crippen molar-refractivity contribution in [3.63, 3.8) is 0 Å². The van der Waals surface area contributed by atoms with E-state index in [-0.39, 0.29) is 11.3 Å². The summed E-state index contributed by atoms with van der Waals surface area (Å²) < 4.78 is 15.4. The molecule has 160 valence electrons. The average molecular weight is 492 g/mol. The number of carbonyl (C=O) groups excluding carboxylic acids is 2. The SMILES string of the molecule is CNC(=O)c1ccc(NC(=O)c2c(C)c(-c3ccccc3)nc3c(Br)cccc23)c(F)c1. The van der Waals surface area contributed by atoms with Crippen molar-refractivity contribution in [2.45, 2.75) is 6.92 Å². The number of fused-ring (bicyclic) bond motifs is 1. The molecule has 1 heterocycles. The topological polar surface area (TPSA) is 71.1 Å². The van der Waals surface area contributed by atoms with Gasteiger partial charge in [-0.15, -0.1) is 0 Å². The molecule has 0 unspecified atom stereocenters. The van der Waals surface area contributed by atoms with Crippen molar-refractivity contribution < 1.29 is 14.0 Å². The predicted molar refractivity (Wildman–Crippen MR) is 127 cm³/mol. The Bertz CT molecular complexity index is 1360.